The number of benzene rings is 1. The van der Waals surface area contributed by atoms with Crippen LogP contribution in [0.25, 0.3) is 10.9 Å². The Labute approximate surface area is 103 Å². The van der Waals surface area contributed by atoms with Crippen LogP contribution in [0.15, 0.2) is 30.5 Å². The van der Waals surface area contributed by atoms with Crippen LogP contribution >= 0.6 is 0 Å². The van der Waals surface area contributed by atoms with Gasteiger partial charge < -0.3 is 14.8 Å². The zero-order valence-corrected chi connectivity index (χ0v) is 10.9. The van der Waals surface area contributed by atoms with E-state index in [4.69, 9.17) is 0 Å². The lowest BCUT2D eigenvalue weighted by Crippen LogP contribution is -2.18. The van der Waals surface area contributed by atoms with Gasteiger partial charge in [0.2, 0.25) is 0 Å². The van der Waals surface area contributed by atoms with Crippen LogP contribution in [0.4, 0.5) is 0 Å². The summed E-state index contributed by atoms with van der Waals surface area (Å²) in [5.41, 5.74) is 2.71. The third-order valence-electron chi connectivity index (χ3n) is 3.03. The van der Waals surface area contributed by atoms with E-state index in [1.54, 1.807) is 0 Å². The molecular weight excluding hydrogens is 210 g/mol. The molecule has 2 rings (SSSR count). The van der Waals surface area contributed by atoms with E-state index in [0.29, 0.717) is 0 Å². The number of hydrogen-bond acceptors (Lipinski definition) is 2. The maximum Gasteiger partial charge on any atom is 0.0484 e. The summed E-state index contributed by atoms with van der Waals surface area (Å²) in [5, 5.41) is 4.59. The van der Waals surface area contributed by atoms with Gasteiger partial charge in [0.1, 0.15) is 0 Å². The number of fused-ring (bicyclic) bond motifs is 1. The summed E-state index contributed by atoms with van der Waals surface area (Å²) >= 11 is 0. The van der Waals surface area contributed by atoms with Gasteiger partial charge in [0.05, 0.1) is 0 Å². The first-order valence-corrected chi connectivity index (χ1v) is 6.08. The second-order valence-corrected chi connectivity index (χ2v) is 4.70. The van der Waals surface area contributed by atoms with Gasteiger partial charge in [0.25, 0.3) is 0 Å². The molecule has 0 unspecified atom stereocenters. The fourth-order valence-corrected chi connectivity index (χ4v) is 2.15. The Balaban J connectivity index is 2.34. The summed E-state index contributed by atoms with van der Waals surface area (Å²) in [6.07, 6.45) is 2.27. The first kappa shape index (κ1) is 12.1. The minimum absolute atomic E-state index is 0.926. The normalized spacial score (nSPS) is 11.5. The third-order valence-corrected chi connectivity index (χ3v) is 3.03. The van der Waals surface area contributed by atoms with Crippen LogP contribution in [0.5, 0.6) is 0 Å². The average molecular weight is 231 g/mol. The van der Waals surface area contributed by atoms with Gasteiger partial charge >= 0.3 is 0 Å². The number of rotatable bonds is 5. The molecule has 1 aromatic carbocycles. The molecule has 0 saturated heterocycles. The lowest BCUT2D eigenvalue weighted by molar-refractivity contribution is 0.387. The molecule has 17 heavy (non-hydrogen) atoms. The molecule has 1 N–H and O–H groups in total. The number of nitrogens with zero attached hydrogens (tertiary/aromatic N) is 2. The molecule has 0 aliphatic rings. The number of aromatic nitrogens is 1. The molecule has 3 nitrogen and oxygen atoms in total. The van der Waals surface area contributed by atoms with E-state index in [2.05, 4.69) is 59.3 Å². The first-order chi connectivity index (χ1) is 8.22. The first-order valence-electron chi connectivity index (χ1n) is 6.08. The van der Waals surface area contributed by atoms with E-state index in [0.717, 1.165) is 19.6 Å². The average Bonchev–Trinajstić information content (AvgIpc) is 2.66. The maximum atomic E-state index is 3.23. The van der Waals surface area contributed by atoms with E-state index < -0.39 is 0 Å². The standard InChI is InChI=1S/C14H21N3/c1-15-10-12-11-17(9-8-16(2)3)14-7-5-4-6-13(12)14/h4-7,11,15H,8-10H2,1-3H3. The fourth-order valence-electron chi connectivity index (χ4n) is 2.15. The molecule has 0 aliphatic heterocycles. The molecule has 0 bridgehead atoms. The van der Waals surface area contributed by atoms with Gasteiger partial charge in [0, 0.05) is 36.7 Å². The van der Waals surface area contributed by atoms with Crippen molar-refractivity contribution in [3.8, 4) is 0 Å². The van der Waals surface area contributed by atoms with Crippen molar-refractivity contribution in [2.45, 2.75) is 13.1 Å². The Morgan fingerprint density at radius 2 is 2.00 bits per heavy atom. The van der Waals surface area contributed by atoms with Crippen molar-refractivity contribution in [1.29, 1.82) is 0 Å². The summed E-state index contributed by atoms with van der Waals surface area (Å²) < 4.78 is 2.35. The molecule has 0 saturated carbocycles. The zero-order chi connectivity index (χ0) is 12.3. The largest absolute Gasteiger partial charge is 0.346 e. The Morgan fingerprint density at radius 1 is 1.24 bits per heavy atom. The van der Waals surface area contributed by atoms with Crippen LogP contribution in [0.1, 0.15) is 5.56 Å². The summed E-state index contributed by atoms with van der Waals surface area (Å²) in [7, 11) is 6.21. The maximum absolute atomic E-state index is 3.23. The highest BCUT2D eigenvalue weighted by Crippen LogP contribution is 2.21. The molecule has 0 atom stereocenters. The predicted octanol–water partition coefficient (Wildman–Crippen LogP) is 1.92. The summed E-state index contributed by atoms with van der Waals surface area (Å²) in [6.45, 7) is 3.03. The fraction of sp³-hybridized carbons (Fsp3) is 0.429. The molecule has 0 radical (unpaired) electrons. The summed E-state index contributed by atoms with van der Waals surface area (Å²) in [5.74, 6) is 0. The van der Waals surface area contributed by atoms with Gasteiger partial charge in [-0.3, -0.25) is 0 Å². The smallest absolute Gasteiger partial charge is 0.0484 e. The Kier molecular flexibility index (Phi) is 3.82. The van der Waals surface area contributed by atoms with Crippen LogP contribution in [-0.4, -0.2) is 37.2 Å². The third kappa shape index (κ3) is 2.68. The topological polar surface area (TPSA) is 20.2 Å². The van der Waals surface area contributed by atoms with Crippen molar-refractivity contribution in [3.05, 3.63) is 36.0 Å². The van der Waals surface area contributed by atoms with E-state index in [1.165, 1.54) is 16.5 Å². The van der Waals surface area contributed by atoms with Gasteiger partial charge in [-0.05, 0) is 32.8 Å². The molecule has 3 heteroatoms. The van der Waals surface area contributed by atoms with Crippen molar-refractivity contribution in [2.75, 3.05) is 27.7 Å². The quantitative estimate of drug-likeness (QED) is 0.848. The lowest BCUT2D eigenvalue weighted by atomic mass is 10.2. The van der Waals surface area contributed by atoms with E-state index >= 15 is 0 Å². The Bertz CT molecular complexity index is 485. The van der Waals surface area contributed by atoms with Crippen LogP contribution in [0.2, 0.25) is 0 Å². The number of hydrogen-bond donors (Lipinski definition) is 1. The molecule has 1 heterocycles. The minimum atomic E-state index is 0.926. The predicted molar refractivity (Wildman–Crippen MR) is 73.3 cm³/mol. The van der Waals surface area contributed by atoms with Gasteiger partial charge in [-0.1, -0.05) is 18.2 Å². The number of likely N-dealkylation sites (N-methyl/N-ethyl adjacent to an activating group) is 1. The van der Waals surface area contributed by atoms with Gasteiger partial charge in [0.15, 0.2) is 0 Å². The van der Waals surface area contributed by atoms with Crippen molar-refractivity contribution >= 4 is 10.9 Å². The van der Waals surface area contributed by atoms with Crippen molar-refractivity contribution < 1.29 is 0 Å². The molecule has 2 aromatic rings. The summed E-state index contributed by atoms with van der Waals surface area (Å²) in [4.78, 5) is 2.21. The molecule has 0 aliphatic carbocycles. The SMILES string of the molecule is CNCc1cn(CCN(C)C)c2ccccc12. The zero-order valence-electron chi connectivity index (χ0n) is 10.9. The van der Waals surface area contributed by atoms with Gasteiger partial charge in [-0.2, -0.15) is 0 Å². The Hall–Kier alpha value is -1.32. The molecular formula is C14H21N3. The molecule has 0 amide bonds. The van der Waals surface area contributed by atoms with Crippen LogP contribution in [0.3, 0.4) is 0 Å². The van der Waals surface area contributed by atoms with Crippen molar-refractivity contribution in [1.82, 2.24) is 14.8 Å². The number of para-hydroxylation sites is 1. The van der Waals surface area contributed by atoms with Crippen LogP contribution < -0.4 is 5.32 Å². The highest BCUT2D eigenvalue weighted by Gasteiger charge is 2.06. The molecule has 0 fully saturated rings. The second-order valence-electron chi connectivity index (χ2n) is 4.70. The summed E-state index contributed by atoms with van der Waals surface area (Å²) in [6, 6.07) is 8.62. The minimum Gasteiger partial charge on any atom is -0.346 e. The monoisotopic (exact) mass is 231 g/mol. The van der Waals surface area contributed by atoms with Gasteiger partial charge in [-0.25, -0.2) is 0 Å². The van der Waals surface area contributed by atoms with Crippen molar-refractivity contribution in [2.24, 2.45) is 0 Å². The van der Waals surface area contributed by atoms with E-state index in [1.807, 2.05) is 7.05 Å². The van der Waals surface area contributed by atoms with E-state index in [9.17, 15) is 0 Å². The molecule has 1 aromatic heterocycles. The molecule has 0 spiro atoms. The van der Waals surface area contributed by atoms with Crippen molar-refractivity contribution in [3.63, 3.8) is 0 Å². The van der Waals surface area contributed by atoms with E-state index in [-0.39, 0.29) is 0 Å². The molecule has 92 valence electrons. The number of nitrogens with one attached hydrogen (secondary N) is 1. The lowest BCUT2D eigenvalue weighted by Gasteiger charge is -2.10. The van der Waals surface area contributed by atoms with Crippen LogP contribution in [0, 0.1) is 0 Å². The highest BCUT2D eigenvalue weighted by molar-refractivity contribution is 5.83. The Morgan fingerprint density at radius 3 is 2.71 bits per heavy atom. The van der Waals surface area contributed by atoms with Crippen LogP contribution in [-0.2, 0) is 13.1 Å². The highest BCUT2D eigenvalue weighted by atomic mass is 15.1. The second kappa shape index (κ2) is 5.34. The van der Waals surface area contributed by atoms with Gasteiger partial charge in [-0.15, -0.1) is 0 Å².